The summed E-state index contributed by atoms with van der Waals surface area (Å²) < 4.78 is 33.5. The second-order valence-electron chi connectivity index (χ2n) is 1.09. The van der Waals surface area contributed by atoms with Gasteiger partial charge in [-0.2, -0.15) is 13.2 Å². The van der Waals surface area contributed by atoms with Crippen molar-refractivity contribution in [1.29, 1.82) is 0 Å². The van der Waals surface area contributed by atoms with Crippen molar-refractivity contribution in [3.63, 3.8) is 0 Å². The Bertz CT molecular complexity index is 112. The molecule has 0 spiro atoms. The summed E-state index contributed by atoms with van der Waals surface area (Å²) in [7, 11) is 0. The number of carbonyl (C=O) groups is 1. The summed E-state index contributed by atoms with van der Waals surface area (Å²) in [6.45, 7) is 0. The molecule has 0 bridgehead atoms. The zero-order chi connectivity index (χ0) is 7.49. The molecule has 0 heterocycles. The second-order valence-corrected chi connectivity index (χ2v) is 2.55. The first-order valence-electron chi connectivity index (χ1n) is 1.81. The van der Waals surface area contributed by atoms with Gasteiger partial charge in [0.2, 0.25) is 5.24 Å². The van der Waals surface area contributed by atoms with Gasteiger partial charge in [0.05, 0.1) is 5.75 Å². The van der Waals surface area contributed by atoms with Crippen LogP contribution in [0.25, 0.3) is 0 Å². The molecule has 1 nitrogen and oxygen atoms in total. The van der Waals surface area contributed by atoms with Gasteiger partial charge in [0.15, 0.2) is 0 Å². The number of hydrogen-bond acceptors (Lipinski definition) is 2. The molecule has 0 saturated carbocycles. The van der Waals surface area contributed by atoms with Gasteiger partial charge in [0.25, 0.3) is 0 Å². The monoisotopic (exact) mass is 178 g/mol. The lowest BCUT2D eigenvalue weighted by Gasteiger charge is -2.00. The summed E-state index contributed by atoms with van der Waals surface area (Å²) in [5.74, 6) is -0.717. The van der Waals surface area contributed by atoms with Gasteiger partial charge in [-0.3, -0.25) is 4.79 Å². The molecule has 9 heavy (non-hydrogen) atoms. The molecule has 0 aromatic heterocycles. The highest BCUT2D eigenvalue weighted by molar-refractivity contribution is 8.00. The Morgan fingerprint density at radius 3 is 2.11 bits per heavy atom. The summed E-state index contributed by atoms with van der Waals surface area (Å²) >= 11 is 4.18. The molecule has 0 aliphatic rings. The maximum Gasteiger partial charge on any atom is 0.442 e. The fourth-order valence-electron chi connectivity index (χ4n) is 0.139. The van der Waals surface area contributed by atoms with Crippen molar-refractivity contribution in [2.45, 2.75) is 5.51 Å². The molecule has 54 valence electrons. The summed E-state index contributed by atoms with van der Waals surface area (Å²) in [6, 6.07) is 0. The number of carbonyl (C=O) groups excluding carboxylic acids is 1. The van der Waals surface area contributed by atoms with E-state index in [4.69, 9.17) is 0 Å². The third-order valence-corrected chi connectivity index (χ3v) is 1.38. The van der Waals surface area contributed by atoms with Gasteiger partial charge >= 0.3 is 5.51 Å². The van der Waals surface area contributed by atoms with Gasteiger partial charge in [-0.05, 0) is 23.4 Å². The Labute approximate surface area is 58.6 Å². The first-order chi connectivity index (χ1) is 3.92. The maximum absolute atomic E-state index is 11.2. The first kappa shape index (κ1) is 9.10. The van der Waals surface area contributed by atoms with Crippen molar-refractivity contribution >= 4 is 28.6 Å². The smallest absolute Gasteiger partial charge is 0.280 e. The molecule has 0 rings (SSSR count). The third kappa shape index (κ3) is 8.10. The fourth-order valence-corrected chi connectivity index (χ4v) is 0.579. The van der Waals surface area contributed by atoms with E-state index in [1.54, 1.807) is 0 Å². The standard InChI is InChI=1S/C3H2ClF3OS/c4-2(8)1-9-3(5,6)7/h1H2. The van der Waals surface area contributed by atoms with Crippen LogP contribution in [0.2, 0.25) is 0 Å². The average molecular weight is 179 g/mol. The van der Waals surface area contributed by atoms with Gasteiger partial charge in [-0.1, -0.05) is 0 Å². The van der Waals surface area contributed by atoms with Crippen LogP contribution < -0.4 is 0 Å². The molecule has 0 atom stereocenters. The van der Waals surface area contributed by atoms with E-state index in [1.165, 1.54) is 0 Å². The summed E-state index contributed by atoms with van der Waals surface area (Å²) in [5.41, 5.74) is -4.36. The third-order valence-electron chi connectivity index (χ3n) is 0.349. The minimum Gasteiger partial charge on any atom is -0.280 e. The minimum absolute atomic E-state index is 0.440. The van der Waals surface area contributed by atoms with Crippen LogP contribution in [0, 0.1) is 0 Å². The molecule has 0 fully saturated rings. The van der Waals surface area contributed by atoms with E-state index in [9.17, 15) is 18.0 Å². The molecule has 0 radical (unpaired) electrons. The summed E-state index contributed by atoms with van der Waals surface area (Å²) in [5, 5.41) is -0.989. The van der Waals surface area contributed by atoms with Crippen molar-refractivity contribution in [1.82, 2.24) is 0 Å². The van der Waals surface area contributed by atoms with E-state index >= 15 is 0 Å². The number of thioether (sulfide) groups is 1. The highest BCUT2D eigenvalue weighted by Gasteiger charge is 2.28. The van der Waals surface area contributed by atoms with Gasteiger partial charge < -0.3 is 0 Å². The topological polar surface area (TPSA) is 17.1 Å². The second kappa shape index (κ2) is 3.31. The molecule has 0 amide bonds. The van der Waals surface area contributed by atoms with E-state index in [1.807, 2.05) is 0 Å². The Morgan fingerprint density at radius 1 is 1.56 bits per heavy atom. The van der Waals surface area contributed by atoms with Crippen molar-refractivity contribution in [2.75, 3.05) is 5.75 Å². The molecule has 6 heteroatoms. The molecule has 0 aliphatic heterocycles. The zero-order valence-corrected chi connectivity index (χ0v) is 5.61. The van der Waals surface area contributed by atoms with Gasteiger partial charge in [0, 0.05) is 0 Å². The maximum atomic E-state index is 11.2. The van der Waals surface area contributed by atoms with Crippen LogP contribution in [-0.2, 0) is 4.79 Å². The SMILES string of the molecule is O=C(Cl)CSC(F)(F)F. The van der Waals surface area contributed by atoms with Crippen molar-refractivity contribution < 1.29 is 18.0 Å². The predicted octanol–water partition coefficient (Wildman–Crippen LogP) is 2.00. The normalized spacial score (nSPS) is 11.6. The number of hydrogen-bond donors (Lipinski definition) is 0. The molecule has 0 N–H and O–H groups in total. The minimum atomic E-state index is -4.36. The largest absolute Gasteiger partial charge is 0.442 e. The zero-order valence-electron chi connectivity index (χ0n) is 4.04. The van der Waals surface area contributed by atoms with Crippen molar-refractivity contribution in [3.05, 3.63) is 0 Å². The molecule has 0 aromatic carbocycles. The van der Waals surface area contributed by atoms with Crippen LogP contribution in [0.15, 0.2) is 0 Å². The lowest BCUT2D eigenvalue weighted by Crippen LogP contribution is -2.04. The van der Waals surface area contributed by atoms with E-state index in [-0.39, 0.29) is 0 Å². The van der Waals surface area contributed by atoms with Crippen LogP contribution in [0.5, 0.6) is 0 Å². The van der Waals surface area contributed by atoms with E-state index < -0.39 is 28.3 Å². The van der Waals surface area contributed by atoms with Crippen LogP contribution in [0.1, 0.15) is 0 Å². The Morgan fingerprint density at radius 2 is 2.00 bits per heavy atom. The molecule has 0 unspecified atom stereocenters. The highest BCUT2D eigenvalue weighted by atomic mass is 35.5. The van der Waals surface area contributed by atoms with Crippen LogP contribution >= 0.6 is 23.4 Å². The lowest BCUT2D eigenvalue weighted by molar-refractivity contribution is -0.109. The van der Waals surface area contributed by atoms with E-state index in [0.29, 0.717) is 0 Å². The molecule has 0 aromatic rings. The Kier molecular flexibility index (Phi) is 3.35. The van der Waals surface area contributed by atoms with Gasteiger partial charge in [0.1, 0.15) is 0 Å². The predicted molar refractivity (Wildman–Crippen MR) is 29.4 cm³/mol. The highest BCUT2D eigenvalue weighted by Crippen LogP contribution is 2.29. The van der Waals surface area contributed by atoms with Crippen LogP contribution in [-0.4, -0.2) is 16.5 Å². The van der Waals surface area contributed by atoms with Crippen molar-refractivity contribution in [2.24, 2.45) is 0 Å². The van der Waals surface area contributed by atoms with Gasteiger partial charge in [-0.15, -0.1) is 0 Å². The number of rotatable bonds is 2. The van der Waals surface area contributed by atoms with Crippen molar-refractivity contribution in [3.8, 4) is 0 Å². The van der Waals surface area contributed by atoms with Crippen LogP contribution in [0.3, 0.4) is 0 Å². The first-order valence-corrected chi connectivity index (χ1v) is 3.17. The molecule has 0 aliphatic carbocycles. The number of halogens is 4. The molecular weight excluding hydrogens is 177 g/mol. The summed E-state index contributed by atoms with van der Waals surface area (Å²) in [4.78, 5) is 9.74. The molecular formula is C3H2ClF3OS. The molecule has 0 saturated heterocycles. The van der Waals surface area contributed by atoms with Crippen LogP contribution in [0.4, 0.5) is 13.2 Å². The Hall–Kier alpha value is 0.1000. The lowest BCUT2D eigenvalue weighted by atomic mass is 10.9. The average Bonchev–Trinajstić information content (AvgIpc) is 1.59. The number of alkyl halides is 3. The van der Waals surface area contributed by atoms with Gasteiger partial charge in [-0.25, -0.2) is 0 Å². The Balaban J connectivity index is 3.39. The fraction of sp³-hybridized carbons (Fsp3) is 0.667. The van der Waals surface area contributed by atoms with E-state index in [0.717, 1.165) is 0 Å². The van der Waals surface area contributed by atoms with E-state index in [2.05, 4.69) is 11.6 Å². The summed E-state index contributed by atoms with van der Waals surface area (Å²) in [6.07, 6.45) is 0. The quantitative estimate of drug-likeness (QED) is 0.602.